The summed E-state index contributed by atoms with van der Waals surface area (Å²) >= 11 is 0. The topological polar surface area (TPSA) is 49.4 Å². The highest BCUT2D eigenvalue weighted by Gasteiger charge is 2.28. The maximum absolute atomic E-state index is 13.3. The lowest BCUT2D eigenvalue weighted by atomic mass is 10.00. The van der Waals surface area contributed by atoms with Gasteiger partial charge in [0.15, 0.2) is 0 Å². The second-order valence-electron chi connectivity index (χ2n) is 7.61. The lowest BCUT2D eigenvalue weighted by Crippen LogP contribution is -2.49. The van der Waals surface area contributed by atoms with Gasteiger partial charge in [-0.05, 0) is 53.8 Å². The minimum Gasteiger partial charge on any atom is -0.355 e. The SMILES string of the molecule is CCNC(=O)[C@@H](CC)N(Cc1ccc(F)cc1)C(=O)CCc1cccc2ccccc12. The number of likely N-dealkylation sites (N-methyl/N-ethyl adjacent to an activating group) is 1. The molecule has 3 aromatic rings. The molecule has 0 aliphatic carbocycles. The van der Waals surface area contributed by atoms with Crippen molar-refractivity contribution in [2.24, 2.45) is 0 Å². The summed E-state index contributed by atoms with van der Waals surface area (Å²) in [4.78, 5) is 27.6. The second kappa shape index (κ2) is 10.7. The zero-order chi connectivity index (χ0) is 22.2. The van der Waals surface area contributed by atoms with Crippen LogP contribution in [0, 0.1) is 5.82 Å². The summed E-state index contributed by atoms with van der Waals surface area (Å²) in [5.41, 5.74) is 1.90. The molecule has 0 fully saturated rings. The third kappa shape index (κ3) is 5.69. The minimum atomic E-state index is -0.565. The van der Waals surface area contributed by atoms with Crippen LogP contribution in [0.1, 0.15) is 37.8 Å². The van der Waals surface area contributed by atoms with Crippen molar-refractivity contribution in [1.82, 2.24) is 10.2 Å². The summed E-state index contributed by atoms with van der Waals surface area (Å²) in [5.74, 6) is -0.575. The van der Waals surface area contributed by atoms with Crippen molar-refractivity contribution < 1.29 is 14.0 Å². The summed E-state index contributed by atoms with van der Waals surface area (Å²) in [6.07, 6.45) is 1.39. The average Bonchev–Trinajstić information content (AvgIpc) is 2.78. The second-order valence-corrected chi connectivity index (χ2v) is 7.61. The summed E-state index contributed by atoms with van der Waals surface area (Å²) in [6.45, 7) is 4.53. The molecule has 0 radical (unpaired) electrons. The van der Waals surface area contributed by atoms with Gasteiger partial charge in [0.1, 0.15) is 11.9 Å². The number of halogens is 1. The van der Waals surface area contributed by atoms with E-state index in [9.17, 15) is 14.0 Å². The molecule has 4 nitrogen and oxygen atoms in total. The van der Waals surface area contributed by atoms with Crippen LogP contribution in [0.4, 0.5) is 4.39 Å². The smallest absolute Gasteiger partial charge is 0.242 e. The van der Waals surface area contributed by atoms with Crippen molar-refractivity contribution in [3.8, 4) is 0 Å². The number of carbonyl (C=O) groups is 2. The van der Waals surface area contributed by atoms with Gasteiger partial charge >= 0.3 is 0 Å². The molecule has 3 rings (SSSR count). The molecule has 1 N–H and O–H groups in total. The number of rotatable bonds is 9. The normalized spacial score (nSPS) is 11.8. The van der Waals surface area contributed by atoms with E-state index in [1.165, 1.54) is 12.1 Å². The van der Waals surface area contributed by atoms with Gasteiger partial charge in [0.05, 0.1) is 0 Å². The van der Waals surface area contributed by atoms with Gasteiger partial charge in [-0.2, -0.15) is 0 Å². The number of aryl methyl sites for hydroxylation is 1. The molecule has 0 saturated carbocycles. The Hall–Kier alpha value is -3.21. The molecule has 0 saturated heterocycles. The van der Waals surface area contributed by atoms with E-state index in [2.05, 4.69) is 23.5 Å². The molecule has 0 bridgehead atoms. The average molecular weight is 421 g/mol. The first-order valence-corrected chi connectivity index (χ1v) is 10.8. The van der Waals surface area contributed by atoms with Crippen molar-refractivity contribution >= 4 is 22.6 Å². The summed E-state index contributed by atoms with van der Waals surface area (Å²) in [5, 5.41) is 5.11. The van der Waals surface area contributed by atoms with Crippen LogP contribution in [-0.4, -0.2) is 29.3 Å². The van der Waals surface area contributed by atoms with Crippen LogP contribution in [0.2, 0.25) is 0 Å². The minimum absolute atomic E-state index is 0.0876. The Bertz CT molecular complexity index is 1030. The number of nitrogens with zero attached hydrogens (tertiary/aromatic N) is 1. The standard InChI is InChI=1S/C26H29FN2O2/c1-3-24(26(31)28-4-2)29(18-19-12-15-22(27)16-13-19)25(30)17-14-21-10-7-9-20-8-5-6-11-23(20)21/h5-13,15-16,24H,3-4,14,17-18H2,1-2H3,(H,28,31)/t24-/m1/s1. The van der Waals surface area contributed by atoms with Gasteiger partial charge in [-0.25, -0.2) is 4.39 Å². The van der Waals surface area contributed by atoms with Crippen LogP contribution in [0.5, 0.6) is 0 Å². The molecule has 1 atom stereocenters. The van der Waals surface area contributed by atoms with Gasteiger partial charge in [-0.1, -0.05) is 61.5 Å². The molecular formula is C26H29FN2O2. The van der Waals surface area contributed by atoms with Crippen molar-refractivity contribution in [2.45, 2.75) is 45.7 Å². The highest BCUT2D eigenvalue weighted by Crippen LogP contribution is 2.21. The number of nitrogens with one attached hydrogen (secondary N) is 1. The number of fused-ring (bicyclic) bond motifs is 1. The number of carbonyl (C=O) groups excluding carboxylic acids is 2. The molecular weight excluding hydrogens is 391 g/mol. The Morgan fingerprint density at radius 2 is 1.68 bits per heavy atom. The molecule has 2 amide bonds. The van der Waals surface area contributed by atoms with Gasteiger partial charge < -0.3 is 10.2 Å². The van der Waals surface area contributed by atoms with E-state index in [1.807, 2.05) is 38.1 Å². The largest absolute Gasteiger partial charge is 0.355 e. The van der Waals surface area contributed by atoms with E-state index in [0.29, 0.717) is 25.8 Å². The van der Waals surface area contributed by atoms with Crippen LogP contribution >= 0.6 is 0 Å². The van der Waals surface area contributed by atoms with Gasteiger partial charge in [0.25, 0.3) is 0 Å². The monoisotopic (exact) mass is 420 g/mol. The molecule has 31 heavy (non-hydrogen) atoms. The zero-order valence-electron chi connectivity index (χ0n) is 18.1. The lowest BCUT2D eigenvalue weighted by Gasteiger charge is -2.30. The predicted molar refractivity (Wildman–Crippen MR) is 122 cm³/mol. The number of amides is 2. The molecule has 162 valence electrons. The summed E-state index contributed by atoms with van der Waals surface area (Å²) in [6, 6.07) is 19.7. The number of hydrogen-bond acceptors (Lipinski definition) is 2. The Morgan fingerprint density at radius 3 is 2.39 bits per heavy atom. The van der Waals surface area contributed by atoms with Gasteiger partial charge in [-0.15, -0.1) is 0 Å². The molecule has 0 aliphatic heterocycles. The summed E-state index contributed by atoms with van der Waals surface area (Å²) < 4.78 is 13.3. The van der Waals surface area contributed by atoms with Crippen LogP contribution in [0.15, 0.2) is 66.7 Å². The first-order valence-electron chi connectivity index (χ1n) is 10.8. The van der Waals surface area contributed by atoms with Crippen LogP contribution in [0.3, 0.4) is 0 Å². The number of benzene rings is 3. The zero-order valence-corrected chi connectivity index (χ0v) is 18.1. The molecule has 0 aromatic heterocycles. The fraction of sp³-hybridized carbons (Fsp3) is 0.308. The number of hydrogen-bond donors (Lipinski definition) is 1. The first kappa shape index (κ1) is 22.5. The van der Waals surface area contributed by atoms with Gasteiger partial charge in [0.2, 0.25) is 11.8 Å². The van der Waals surface area contributed by atoms with Gasteiger partial charge in [0, 0.05) is 19.5 Å². The Labute approximate surface area is 183 Å². The van der Waals surface area contributed by atoms with E-state index in [1.54, 1.807) is 17.0 Å². The van der Waals surface area contributed by atoms with Gasteiger partial charge in [-0.3, -0.25) is 9.59 Å². The molecule has 0 unspecified atom stereocenters. The van der Waals surface area contributed by atoms with E-state index < -0.39 is 6.04 Å². The van der Waals surface area contributed by atoms with Crippen molar-refractivity contribution in [2.75, 3.05) is 6.54 Å². The van der Waals surface area contributed by atoms with E-state index >= 15 is 0 Å². The lowest BCUT2D eigenvalue weighted by molar-refractivity contribution is -0.141. The maximum atomic E-state index is 13.3. The van der Waals surface area contributed by atoms with E-state index in [-0.39, 0.29) is 24.2 Å². The van der Waals surface area contributed by atoms with Crippen LogP contribution in [-0.2, 0) is 22.6 Å². The van der Waals surface area contributed by atoms with E-state index in [4.69, 9.17) is 0 Å². The van der Waals surface area contributed by atoms with E-state index in [0.717, 1.165) is 21.9 Å². The van der Waals surface area contributed by atoms with Crippen molar-refractivity contribution in [1.29, 1.82) is 0 Å². The highest BCUT2D eigenvalue weighted by molar-refractivity contribution is 5.89. The molecule has 3 aromatic carbocycles. The third-order valence-electron chi connectivity index (χ3n) is 5.49. The maximum Gasteiger partial charge on any atom is 0.242 e. The van der Waals surface area contributed by atoms with Crippen LogP contribution < -0.4 is 5.32 Å². The Morgan fingerprint density at radius 1 is 0.968 bits per heavy atom. The van der Waals surface area contributed by atoms with Crippen molar-refractivity contribution in [3.05, 3.63) is 83.7 Å². The Balaban J connectivity index is 1.81. The predicted octanol–water partition coefficient (Wildman–Crippen LogP) is 4.86. The molecule has 0 aliphatic rings. The summed E-state index contributed by atoms with van der Waals surface area (Å²) in [7, 11) is 0. The quantitative estimate of drug-likeness (QED) is 0.538. The first-order chi connectivity index (χ1) is 15.0. The van der Waals surface area contributed by atoms with Crippen molar-refractivity contribution in [3.63, 3.8) is 0 Å². The van der Waals surface area contributed by atoms with Crippen LogP contribution in [0.25, 0.3) is 10.8 Å². The Kier molecular flexibility index (Phi) is 7.76. The molecule has 0 spiro atoms. The molecule has 0 heterocycles. The third-order valence-corrected chi connectivity index (χ3v) is 5.49. The fourth-order valence-corrected chi connectivity index (χ4v) is 3.89. The molecule has 5 heteroatoms. The highest BCUT2D eigenvalue weighted by atomic mass is 19.1. The fourth-order valence-electron chi connectivity index (χ4n) is 3.89.